The molecule has 1 heterocycles. The summed E-state index contributed by atoms with van der Waals surface area (Å²) in [5.74, 6) is 0.168. The standard InChI is InChI=1S/C4H6O2P/c5-4-1-2-7(6)3-4/h1-3H2. The van der Waals surface area contributed by atoms with Gasteiger partial charge >= 0.3 is 0 Å². The number of hydrogen-bond donors (Lipinski definition) is 0. The lowest BCUT2D eigenvalue weighted by Crippen LogP contribution is -1.89. The maximum Gasteiger partial charge on any atom is 0.144 e. The van der Waals surface area contributed by atoms with E-state index >= 15 is 0 Å². The minimum Gasteiger partial charge on any atom is -0.299 e. The van der Waals surface area contributed by atoms with Crippen molar-refractivity contribution in [3.63, 3.8) is 0 Å². The Bertz CT molecular complexity index is 105. The van der Waals surface area contributed by atoms with Gasteiger partial charge in [-0.2, -0.15) is 0 Å². The van der Waals surface area contributed by atoms with E-state index in [0.29, 0.717) is 18.7 Å². The molecular weight excluding hydrogens is 111 g/mol. The van der Waals surface area contributed by atoms with Gasteiger partial charge in [0.2, 0.25) is 0 Å². The maximum atomic E-state index is 10.4. The second-order valence-electron chi connectivity index (χ2n) is 1.65. The van der Waals surface area contributed by atoms with E-state index in [0.717, 1.165) is 0 Å². The molecule has 0 aromatic heterocycles. The summed E-state index contributed by atoms with van der Waals surface area (Å²) in [6.07, 6.45) is 1.53. The van der Waals surface area contributed by atoms with Gasteiger partial charge in [0.15, 0.2) is 0 Å². The van der Waals surface area contributed by atoms with Crippen LogP contribution in [0.3, 0.4) is 0 Å². The van der Waals surface area contributed by atoms with Gasteiger partial charge in [-0.25, -0.2) is 0 Å². The topological polar surface area (TPSA) is 34.1 Å². The van der Waals surface area contributed by atoms with E-state index in [1.807, 2.05) is 0 Å². The molecule has 1 aliphatic rings. The van der Waals surface area contributed by atoms with Crippen LogP contribution in [-0.4, -0.2) is 18.1 Å². The first-order chi connectivity index (χ1) is 3.29. The predicted molar refractivity (Wildman–Crippen MR) is 27.0 cm³/mol. The van der Waals surface area contributed by atoms with Crippen LogP contribution in [0.4, 0.5) is 0 Å². The molecule has 0 aromatic carbocycles. The molecule has 0 aromatic rings. The number of carbonyl (C=O) groups is 1. The van der Waals surface area contributed by atoms with Gasteiger partial charge in [-0.15, -0.1) is 0 Å². The molecule has 1 atom stereocenters. The van der Waals surface area contributed by atoms with E-state index in [-0.39, 0.29) is 5.78 Å². The zero-order valence-corrected chi connectivity index (χ0v) is 4.78. The van der Waals surface area contributed by atoms with Crippen molar-refractivity contribution in [2.45, 2.75) is 6.42 Å². The van der Waals surface area contributed by atoms with Crippen molar-refractivity contribution in [2.24, 2.45) is 0 Å². The molecule has 1 saturated heterocycles. The zero-order valence-electron chi connectivity index (χ0n) is 3.89. The molecule has 0 N–H and O–H groups in total. The van der Waals surface area contributed by atoms with Crippen LogP contribution < -0.4 is 0 Å². The highest BCUT2D eigenvalue weighted by molar-refractivity contribution is 7.46. The van der Waals surface area contributed by atoms with Crippen LogP contribution in [0.1, 0.15) is 6.42 Å². The Morgan fingerprint density at radius 2 is 2.29 bits per heavy atom. The van der Waals surface area contributed by atoms with Crippen LogP contribution in [0, 0.1) is 0 Å². The first-order valence-corrected chi connectivity index (χ1v) is 3.86. The van der Waals surface area contributed by atoms with Crippen LogP contribution in [-0.2, 0) is 9.36 Å². The monoisotopic (exact) mass is 117 g/mol. The summed E-state index contributed by atoms with van der Waals surface area (Å²) in [6, 6.07) is 0. The Morgan fingerprint density at radius 3 is 2.43 bits per heavy atom. The molecule has 0 saturated carbocycles. The largest absolute Gasteiger partial charge is 0.299 e. The molecule has 0 aliphatic carbocycles. The first kappa shape index (κ1) is 4.92. The van der Waals surface area contributed by atoms with E-state index < -0.39 is 7.80 Å². The zero-order chi connectivity index (χ0) is 5.28. The van der Waals surface area contributed by atoms with E-state index in [1.165, 1.54) is 0 Å². The van der Waals surface area contributed by atoms with Crippen molar-refractivity contribution < 1.29 is 9.36 Å². The van der Waals surface area contributed by atoms with E-state index in [2.05, 4.69) is 0 Å². The highest BCUT2D eigenvalue weighted by Gasteiger charge is 2.16. The number of ketones is 1. The third kappa shape index (κ3) is 1.07. The molecule has 3 heteroatoms. The van der Waals surface area contributed by atoms with Gasteiger partial charge < -0.3 is 0 Å². The summed E-state index contributed by atoms with van der Waals surface area (Å²) >= 11 is 0. The lowest BCUT2D eigenvalue weighted by atomic mass is 10.4. The molecule has 1 fully saturated rings. The van der Waals surface area contributed by atoms with Gasteiger partial charge in [-0.1, -0.05) is 0 Å². The van der Waals surface area contributed by atoms with Crippen LogP contribution in [0.15, 0.2) is 0 Å². The molecule has 39 valence electrons. The first-order valence-electron chi connectivity index (χ1n) is 2.23. The predicted octanol–water partition coefficient (Wildman–Crippen LogP) is 0.787. The second-order valence-corrected chi connectivity index (χ2v) is 3.38. The normalized spacial score (nSPS) is 26.3. The summed E-state index contributed by atoms with van der Waals surface area (Å²) in [6.45, 7) is 0. The number of Topliss-reactive ketones (excluding diaryl/α,β-unsaturated/α-hetero) is 1. The molecular formula is C4H6O2P. The van der Waals surface area contributed by atoms with Gasteiger partial charge in [0, 0.05) is 12.6 Å². The fourth-order valence-electron chi connectivity index (χ4n) is 0.604. The van der Waals surface area contributed by atoms with Crippen molar-refractivity contribution in [3.05, 3.63) is 0 Å². The maximum absolute atomic E-state index is 10.4. The lowest BCUT2D eigenvalue weighted by Gasteiger charge is -1.72. The van der Waals surface area contributed by atoms with Crippen LogP contribution in [0.5, 0.6) is 0 Å². The Morgan fingerprint density at radius 1 is 1.57 bits per heavy atom. The number of carbonyl (C=O) groups excluding carboxylic acids is 1. The average molecular weight is 117 g/mol. The quantitative estimate of drug-likeness (QED) is 0.439. The van der Waals surface area contributed by atoms with Gasteiger partial charge in [0.1, 0.15) is 5.78 Å². The van der Waals surface area contributed by atoms with E-state index in [9.17, 15) is 9.36 Å². The van der Waals surface area contributed by atoms with Crippen LogP contribution in [0.25, 0.3) is 0 Å². The third-order valence-corrected chi connectivity index (χ3v) is 2.42. The molecule has 1 unspecified atom stereocenters. The Kier molecular flexibility index (Phi) is 1.20. The van der Waals surface area contributed by atoms with Crippen molar-refractivity contribution in [3.8, 4) is 0 Å². The fourth-order valence-corrected chi connectivity index (χ4v) is 1.81. The summed E-state index contributed by atoms with van der Waals surface area (Å²) in [4.78, 5) is 10.3. The second kappa shape index (κ2) is 1.71. The third-order valence-electron chi connectivity index (χ3n) is 0.993. The SMILES string of the molecule is O=C1CC[P](=O)C1. The van der Waals surface area contributed by atoms with Gasteiger partial charge in [-0.3, -0.25) is 9.36 Å². The average Bonchev–Trinajstić information content (AvgIpc) is 1.87. The van der Waals surface area contributed by atoms with Crippen molar-refractivity contribution in [2.75, 3.05) is 12.3 Å². The number of hydrogen-bond acceptors (Lipinski definition) is 2. The molecule has 1 aliphatic heterocycles. The summed E-state index contributed by atoms with van der Waals surface area (Å²) in [5.41, 5.74) is 0. The summed E-state index contributed by atoms with van der Waals surface area (Å²) in [5, 5.41) is 0. The van der Waals surface area contributed by atoms with Gasteiger partial charge in [0.05, 0.1) is 14.0 Å². The lowest BCUT2D eigenvalue weighted by molar-refractivity contribution is -0.115. The molecule has 0 spiro atoms. The molecule has 1 radical (unpaired) electrons. The Balaban J connectivity index is 2.55. The molecule has 1 rings (SSSR count). The highest BCUT2D eigenvalue weighted by Crippen LogP contribution is 2.27. The van der Waals surface area contributed by atoms with Crippen molar-refractivity contribution >= 4 is 13.6 Å². The summed E-state index contributed by atoms with van der Waals surface area (Å²) < 4.78 is 10.4. The van der Waals surface area contributed by atoms with Gasteiger partial charge in [0.25, 0.3) is 0 Å². The molecule has 2 nitrogen and oxygen atoms in total. The fraction of sp³-hybridized carbons (Fsp3) is 0.750. The Hall–Kier alpha value is -0.230. The summed E-state index contributed by atoms with van der Waals surface area (Å²) in [7, 11) is -1.10. The van der Waals surface area contributed by atoms with Crippen LogP contribution >= 0.6 is 7.80 Å². The van der Waals surface area contributed by atoms with Crippen molar-refractivity contribution in [1.82, 2.24) is 0 Å². The van der Waals surface area contributed by atoms with E-state index in [1.54, 1.807) is 0 Å². The number of rotatable bonds is 0. The van der Waals surface area contributed by atoms with Crippen LogP contribution in [0.2, 0.25) is 0 Å². The van der Waals surface area contributed by atoms with Crippen molar-refractivity contribution in [1.29, 1.82) is 0 Å². The minimum absolute atomic E-state index is 0.168. The minimum atomic E-state index is -1.10. The smallest absolute Gasteiger partial charge is 0.144 e. The highest BCUT2D eigenvalue weighted by atomic mass is 31.1. The molecule has 0 bridgehead atoms. The molecule has 7 heavy (non-hydrogen) atoms. The van der Waals surface area contributed by atoms with Gasteiger partial charge in [-0.05, 0) is 0 Å². The molecule has 0 amide bonds. The van der Waals surface area contributed by atoms with E-state index in [4.69, 9.17) is 0 Å². The Labute approximate surface area is 42.7 Å².